The number of hydrogen-bond acceptors (Lipinski definition) is 7. The van der Waals surface area contributed by atoms with Crippen molar-refractivity contribution in [3.8, 4) is 11.5 Å². The minimum atomic E-state index is -2.96. The van der Waals surface area contributed by atoms with Crippen LogP contribution in [0.2, 0.25) is 0 Å². The Morgan fingerprint density at radius 1 is 0.812 bits per heavy atom. The van der Waals surface area contributed by atoms with Gasteiger partial charge in [0.2, 0.25) is 0 Å². The number of amides is 2. The molecule has 13 heteroatoms. The van der Waals surface area contributed by atoms with Crippen LogP contribution >= 0.6 is 0 Å². The van der Waals surface area contributed by atoms with Gasteiger partial charge >= 0.3 is 0 Å². The van der Waals surface area contributed by atoms with Gasteiger partial charge in [-0.25, -0.2) is 22.0 Å². The smallest absolute Gasteiger partial charge is 0.282 e. The number of anilines is 2. The summed E-state index contributed by atoms with van der Waals surface area (Å²) in [5, 5.41) is 0. The van der Waals surface area contributed by atoms with Gasteiger partial charge in [-0.2, -0.15) is 0 Å². The van der Waals surface area contributed by atoms with Crippen LogP contribution in [0.4, 0.5) is 33.3 Å². The van der Waals surface area contributed by atoms with E-state index >= 15 is 8.78 Å². The number of imide groups is 1. The molecule has 5 heterocycles. The molecule has 0 saturated carbocycles. The number of carbonyl (C=O) groups excluding carboxylic acids is 3. The first-order valence-electron chi connectivity index (χ1n) is 15.5. The molecule has 2 saturated heterocycles. The van der Waals surface area contributed by atoms with Crippen LogP contribution in [0, 0.1) is 11.6 Å². The second kappa shape index (κ2) is 10.4. The highest BCUT2D eigenvalue weighted by atomic mass is 19.3. The first kappa shape index (κ1) is 30.5. The van der Waals surface area contributed by atoms with Gasteiger partial charge in [-0.15, -0.1) is 0 Å². The summed E-state index contributed by atoms with van der Waals surface area (Å²) in [5.41, 5.74) is -1.39. The Bertz CT molecular complexity index is 1860. The molecule has 8 rings (SSSR count). The van der Waals surface area contributed by atoms with Gasteiger partial charge in [0.15, 0.2) is 11.4 Å². The third-order valence-electron chi connectivity index (χ3n) is 9.58. The van der Waals surface area contributed by atoms with Gasteiger partial charge in [0.25, 0.3) is 17.7 Å². The summed E-state index contributed by atoms with van der Waals surface area (Å²) < 4.78 is 86.2. The normalized spacial score (nSPS) is 22.7. The zero-order valence-electron chi connectivity index (χ0n) is 25.6. The van der Waals surface area contributed by atoms with E-state index in [0.717, 1.165) is 11.0 Å². The molecule has 5 aliphatic heterocycles. The van der Waals surface area contributed by atoms with E-state index < -0.39 is 53.7 Å². The summed E-state index contributed by atoms with van der Waals surface area (Å²) in [4.78, 5) is 40.9. The number of benzene rings is 3. The number of alkyl halides is 3. The fourth-order valence-corrected chi connectivity index (χ4v) is 7.26. The molecule has 0 aliphatic carbocycles. The van der Waals surface area contributed by atoms with Gasteiger partial charge in [-0.1, -0.05) is 12.1 Å². The number of nitrogens with zero attached hydrogens (tertiary/aromatic N) is 3. The lowest BCUT2D eigenvalue weighted by molar-refractivity contribution is -0.136. The van der Waals surface area contributed by atoms with Crippen molar-refractivity contribution >= 4 is 29.0 Å². The molecule has 0 N–H and O–H groups in total. The van der Waals surface area contributed by atoms with Crippen molar-refractivity contribution in [3.63, 3.8) is 0 Å². The topological polar surface area (TPSA) is 79.4 Å². The third kappa shape index (κ3) is 4.69. The largest absolute Gasteiger partial charge is 0.456 e. The number of rotatable bonds is 7. The van der Waals surface area contributed by atoms with Crippen LogP contribution in [0.25, 0.3) is 0 Å². The molecule has 5 aliphatic rings. The van der Waals surface area contributed by atoms with E-state index in [0.29, 0.717) is 11.1 Å². The summed E-state index contributed by atoms with van der Waals surface area (Å²) in [5.74, 6) is -5.36. The fraction of sp³-hybridized carbons (Fsp3) is 0.343. The number of carbonyl (C=O) groups is 3. The lowest BCUT2D eigenvalue weighted by atomic mass is 9.76. The first-order valence-corrected chi connectivity index (χ1v) is 15.5. The van der Waals surface area contributed by atoms with Gasteiger partial charge in [-0.05, 0) is 42.7 Å². The van der Waals surface area contributed by atoms with Crippen molar-refractivity contribution in [1.29, 1.82) is 0 Å². The molecule has 1 atom stereocenters. The molecule has 0 aromatic heterocycles. The summed E-state index contributed by atoms with van der Waals surface area (Å²) >= 11 is 0. The zero-order chi connectivity index (χ0) is 33.7. The minimum Gasteiger partial charge on any atom is -0.456 e. The average molecular weight is 666 g/mol. The van der Waals surface area contributed by atoms with Crippen LogP contribution in [-0.4, -0.2) is 66.8 Å². The average Bonchev–Trinajstić information content (AvgIpc) is 3.54. The van der Waals surface area contributed by atoms with Crippen molar-refractivity contribution in [3.05, 3.63) is 94.1 Å². The van der Waals surface area contributed by atoms with Gasteiger partial charge in [0.1, 0.15) is 28.8 Å². The van der Waals surface area contributed by atoms with Crippen LogP contribution < -0.4 is 14.5 Å². The Labute approximate surface area is 271 Å². The van der Waals surface area contributed by atoms with E-state index in [4.69, 9.17) is 9.47 Å². The quantitative estimate of drug-likeness (QED) is 0.180. The highest BCUT2D eigenvalue weighted by Gasteiger charge is 2.52. The van der Waals surface area contributed by atoms with Crippen molar-refractivity contribution in [2.24, 2.45) is 0 Å². The maximum absolute atomic E-state index is 15.9. The standard InChI is InChI=1S/C35H28F5N3O5/c1-33(38)15-41(16-33)26-12-29-22(10-24(26)36)35(23-11-25(37)27(13-30(23)48-29)42-17-34(39,40)18-42)21-9-19(4-5-20(21)14-47-35)28(44)3-2-8-43-31(45)6-7-32(43)46/h4-7,9-13H,2-3,8,14-18H2,1H3. The molecule has 8 nitrogen and oxygen atoms in total. The monoisotopic (exact) mass is 665 g/mol. The molecule has 0 bridgehead atoms. The highest BCUT2D eigenvalue weighted by Crippen LogP contribution is 2.58. The van der Waals surface area contributed by atoms with Crippen LogP contribution in [0.5, 0.6) is 11.5 Å². The summed E-state index contributed by atoms with van der Waals surface area (Å²) in [6.45, 7) is 0.0936. The van der Waals surface area contributed by atoms with Crippen LogP contribution in [0.15, 0.2) is 54.6 Å². The van der Waals surface area contributed by atoms with E-state index in [1.165, 1.54) is 47.1 Å². The minimum absolute atomic E-state index is 0.0137. The molecule has 48 heavy (non-hydrogen) atoms. The third-order valence-corrected chi connectivity index (χ3v) is 9.58. The van der Waals surface area contributed by atoms with Crippen molar-refractivity contribution < 1.29 is 45.8 Å². The van der Waals surface area contributed by atoms with Gasteiger partial charge in [0.05, 0.1) is 44.2 Å². The number of ketones is 1. The molecule has 2 fully saturated rings. The molecular formula is C35H28F5N3O5. The molecule has 3 aromatic rings. The Morgan fingerprint density at radius 3 is 1.96 bits per heavy atom. The molecule has 1 unspecified atom stereocenters. The predicted molar refractivity (Wildman–Crippen MR) is 162 cm³/mol. The number of hydrogen-bond donors (Lipinski definition) is 0. The molecule has 0 radical (unpaired) electrons. The lowest BCUT2D eigenvalue weighted by Gasteiger charge is -2.45. The van der Waals surface area contributed by atoms with E-state index in [1.807, 2.05) is 0 Å². The molecule has 2 amide bonds. The second-order valence-corrected chi connectivity index (χ2v) is 13.2. The van der Waals surface area contributed by atoms with Crippen molar-refractivity contribution in [2.75, 3.05) is 42.5 Å². The number of halogens is 5. The van der Waals surface area contributed by atoms with Gasteiger partial charge in [0, 0.05) is 53.9 Å². The summed E-state index contributed by atoms with van der Waals surface area (Å²) in [7, 11) is 0. The van der Waals surface area contributed by atoms with Gasteiger partial charge < -0.3 is 19.3 Å². The summed E-state index contributed by atoms with van der Waals surface area (Å²) in [6, 6.07) is 10.0. The lowest BCUT2D eigenvalue weighted by Crippen LogP contribution is -2.57. The van der Waals surface area contributed by atoms with Crippen LogP contribution in [-0.2, 0) is 26.5 Å². The highest BCUT2D eigenvalue weighted by molar-refractivity contribution is 6.12. The van der Waals surface area contributed by atoms with Crippen LogP contribution in [0.1, 0.15) is 52.4 Å². The second-order valence-electron chi connectivity index (χ2n) is 13.2. The number of Topliss-reactive ketones (excluding diaryl/α,β-unsaturated/α-hetero) is 1. The Morgan fingerprint density at radius 2 is 1.40 bits per heavy atom. The fourth-order valence-electron chi connectivity index (χ4n) is 7.26. The van der Waals surface area contributed by atoms with E-state index in [9.17, 15) is 27.6 Å². The SMILES string of the molecule is CC1(F)CN(c2cc3c(cc2F)C2(OCc4ccc(C(=O)CCCN5C(=O)C=CC5=O)cc42)c2cc(F)c(N4CC(F)(F)C4)cc2O3)C1. The Hall–Kier alpha value is -4.78. The summed E-state index contributed by atoms with van der Waals surface area (Å²) in [6.07, 6.45) is 2.58. The van der Waals surface area contributed by atoms with Crippen molar-refractivity contribution in [1.82, 2.24) is 4.90 Å². The van der Waals surface area contributed by atoms with E-state index in [-0.39, 0.29) is 84.4 Å². The molecular weight excluding hydrogens is 637 g/mol. The zero-order valence-corrected chi connectivity index (χ0v) is 25.6. The first-order chi connectivity index (χ1) is 22.7. The maximum atomic E-state index is 15.9. The van der Waals surface area contributed by atoms with Gasteiger partial charge in [-0.3, -0.25) is 19.3 Å². The number of ether oxygens (including phenoxy) is 2. The predicted octanol–water partition coefficient (Wildman–Crippen LogP) is 5.78. The molecule has 248 valence electrons. The van der Waals surface area contributed by atoms with Crippen molar-refractivity contribution in [2.45, 2.75) is 43.6 Å². The molecule has 3 aromatic carbocycles. The van der Waals surface area contributed by atoms with E-state index in [2.05, 4.69) is 0 Å². The molecule has 1 spiro atoms. The Kier molecular flexibility index (Phi) is 6.59. The van der Waals surface area contributed by atoms with E-state index in [1.54, 1.807) is 18.2 Å². The number of fused-ring (bicyclic) bond motifs is 6. The maximum Gasteiger partial charge on any atom is 0.282 e. The Balaban J connectivity index is 1.19. The van der Waals surface area contributed by atoms with Crippen LogP contribution in [0.3, 0.4) is 0 Å².